The summed E-state index contributed by atoms with van der Waals surface area (Å²) in [6.45, 7) is 0. The van der Waals surface area contributed by atoms with Crippen LogP contribution in [0.4, 0.5) is 0 Å². The van der Waals surface area contributed by atoms with Crippen molar-refractivity contribution in [1.29, 1.82) is 5.26 Å². The lowest BCUT2D eigenvalue weighted by Gasteiger charge is -2.09. The molecule has 1 N–H and O–H groups in total. The molecule has 0 aliphatic heterocycles. The lowest BCUT2D eigenvalue weighted by molar-refractivity contribution is -0.136. The van der Waals surface area contributed by atoms with Crippen LogP contribution in [0.5, 0.6) is 11.5 Å². The molecular formula is C15H9BrClNO3. The Balaban J connectivity index is 2.26. The Morgan fingerprint density at radius 2 is 2.10 bits per heavy atom. The van der Waals surface area contributed by atoms with Gasteiger partial charge in [0.1, 0.15) is 11.5 Å². The third kappa shape index (κ3) is 4.22. The zero-order valence-corrected chi connectivity index (χ0v) is 13.0. The summed E-state index contributed by atoms with van der Waals surface area (Å²) in [5, 5.41) is 18.1. The number of rotatable bonds is 4. The summed E-state index contributed by atoms with van der Waals surface area (Å²) in [5.41, 5.74) is 1.06. The lowest BCUT2D eigenvalue weighted by atomic mass is 10.1. The molecule has 6 heteroatoms. The van der Waals surface area contributed by atoms with Gasteiger partial charge in [-0.05, 0) is 51.8 Å². The van der Waals surface area contributed by atoms with Gasteiger partial charge >= 0.3 is 5.97 Å². The number of nitriles is 1. The van der Waals surface area contributed by atoms with Crippen LogP contribution in [0.2, 0.25) is 5.02 Å². The molecule has 21 heavy (non-hydrogen) atoms. The molecule has 106 valence electrons. The van der Waals surface area contributed by atoms with Crippen LogP contribution in [0.1, 0.15) is 11.1 Å². The van der Waals surface area contributed by atoms with Gasteiger partial charge in [0.05, 0.1) is 22.5 Å². The van der Waals surface area contributed by atoms with E-state index in [1.807, 2.05) is 6.07 Å². The van der Waals surface area contributed by atoms with Crippen LogP contribution >= 0.6 is 27.5 Å². The van der Waals surface area contributed by atoms with Crippen molar-refractivity contribution in [3.8, 4) is 17.6 Å². The Bertz CT molecular complexity index is 740. The molecule has 0 bridgehead atoms. The van der Waals surface area contributed by atoms with Crippen molar-refractivity contribution in [2.45, 2.75) is 6.42 Å². The molecule has 2 rings (SSSR count). The molecule has 2 aromatic carbocycles. The van der Waals surface area contributed by atoms with Gasteiger partial charge in [-0.3, -0.25) is 4.79 Å². The summed E-state index contributed by atoms with van der Waals surface area (Å²) in [7, 11) is 0. The van der Waals surface area contributed by atoms with Crippen LogP contribution < -0.4 is 4.74 Å². The van der Waals surface area contributed by atoms with Gasteiger partial charge in [0.15, 0.2) is 0 Å². The van der Waals surface area contributed by atoms with Gasteiger partial charge in [0.25, 0.3) is 0 Å². The van der Waals surface area contributed by atoms with Crippen molar-refractivity contribution in [2.75, 3.05) is 0 Å². The minimum Gasteiger partial charge on any atom is -0.481 e. The third-order valence-corrected chi connectivity index (χ3v) is 3.42. The number of benzene rings is 2. The molecule has 0 heterocycles. The van der Waals surface area contributed by atoms with Crippen LogP contribution in [-0.4, -0.2) is 11.1 Å². The molecule has 0 spiro atoms. The maximum absolute atomic E-state index is 10.7. The Hall–Kier alpha value is -2.03. The zero-order valence-electron chi connectivity index (χ0n) is 10.6. The number of aliphatic carboxylic acids is 1. The molecule has 0 aliphatic carbocycles. The predicted molar refractivity (Wildman–Crippen MR) is 81.7 cm³/mol. The Morgan fingerprint density at radius 1 is 1.33 bits per heavy atom. The smallest absolute Gasteiger partial charge is 0.307 e. The fraction of sp³-hybridized carbons (Fsp3) is 0.0667. The lowest BCUT2D eigenvalue weighted by Crippen LogP contribution is -2.00. The van der Waals surface area contributed by atoms with E-state index in [0.29, 0.717) is 32.1 Å². The number of ether oxygens (including phenoxy) is 1. The third-order valence-electron chi connectivity index (χ3n) is 2.58. The highest BCUT2D eigenvalue weighted by Gasteiger charge is 2.08. The van der Waals surface area contributed by atoms with Gasteiger partial charge in [0.2, 0.25) is 0 Å². The standard InChI is InChI=1S/C15H9BrClNO3/c16-13-5-9(6-15(19)20)1-2-14(13)21-12-4-10(8-18)3-11(17)7-12/h1-5,7H,6H2,(H,19,20). The predicted octanol–water partition coefficient (Wildman–Crippen LogP) is 4.39. The number of carboxylic acid groups (broad SMARTS) is 1. The first-order valence-electron chi connectivity index (χ1n) is 5.86. The van der Waals surface area contributed by atoms with Gasteiger partial charge in [0, 0.05) is 5.02 Å². The van der Waals surface area contributed by atoms with Gasteiger partial charge in [-0.25, -0.2) is 0 Å². The maximum Gasteiger partial charge on any atom is 0.307 e. The van der Waals surface area contributed by atoms with Crippen LogP contribution in [0, 0.1) is 11.3 Å². The van der Waals surface area contributed by atoms with E-state index in [1.54, 1.807) is 36.4 Å². The van der Waals surface area contributed by atoms with Gasteiger partial charge < -0.3 is 9.84 Å². The summed E-state index contributed by atoms with van der Waals surface area (Å²) in [5.74, 6) is 0.0464. The summed E-state index contributed by atoms with van der Waals surface area (Å²) in [4.78, 5) is 10.7. The molecule has 0 aliphatic rings. The van der Waals surface area contributed by atoms with E-state index in [9.17, 15) is 4.79 Å². The highest BCUT2D eigenvalue weighted by Crippen LogP contribution is 2.32. The highest BCUT2D eigenvalue weighted by atomic mass is 79.9. The Morgan fingerprint density at radius 3 is 2.71 bits per heavy atom. The van der Waals surface area contributed by atoms with E-state index in [2.05, 4.69) is 15.9 Å². The summed E-state index contributed by atoms with van der Waals surface area (Å²) in [6.07, 6.45) is -0.0609. The van der Waals surface area contributed by atoms with Crippen molar-refractivity contribution < 1.29 is 14.6 Å². The minimum absolute atomic E-state index is 0.0609. The zero-order chi connectivity index (χ0) is 15.4. The van der Waals surface area contributed by atoms with Gasteiger partial charge in [-0.1, -0.05) is 17.7 Å². The number of hydrogen-bond donors (Lipinski definition) is 1. The van der Waals surface area contributed by atoms with E-state index < -0.39 is 5.97 Å². The van der Waals surface area contributed by atoms with Crippen LogP contribution in [-0.2, 0) is 11.2 Å². The number of halogens is 2. The molecule has 0 saturated heterocycles. The molecule has 0 unspecified atom stereocenters. The largest absolute Gasteiger partial charge is 0.481 e. The maximum atomic E-state index is 10.7. The first-order chi connectivity index (χ1) is 9.97. The molecule has 0 amide bonds. The average molecular weight is 367 g/mol. The molecule has 0 radical (unpaired) electrons. The van der Waals surface area contributed by atoms with E-state index in [-0.39, 0.29) is 6.42 Å². The van der Waals surface area contributed by atoms with E-state index in [1.165, 1.54) is 0 Å². The normalized spacial score (nSPS) is 9.95. The van der Waals surface area contributed by atoms with Crippen molar-refractivity contribution in [3.63, 3.8) is 0 Å². The van der Waals surface area contributed by atoms with E-state index in [0.717, 1.165) is 0 Å². The van der Waals surface area contributed by atoms with Crippen molar-refractivity contribution >= 4 is 33.5 Å². The fourth-order valence-corrected chi connectivity index (χ4v) is 2.46. The van der Waals surface area contributed by atoms with E-state index >= 15 is 0 Å². The Labute approximate surface area is 134 Å². The molecule has 0 atom stereocenters. The quantitative estimate of drug-likeness (QED) is 0.871. The molecule has 0 saturated carbocycles. The van der Waals surface area contributed by atoms with Crippen LogP contribution in [0.15, 0.2) is 40.9 Å². The minimum atomic E-state index is -0.899. The molecule has 0 aromatic heterocycles. The SMILES string of the molecule is N#Cc1cc(Cl)cc(Oc2ccc(CC(=O)O)cc2Br)c1. The average Bonchev–Trinajstić information content (AvgIpc) is 2.40. The van der Waals surface area contributed by atoms with Crippen LogP contribution in [0.25, 0.3) is 0 Å². The summed E-state index contributed by atoms with van der Waals surface area (Å²) >= 11 is 9.24. The number of nitrogens with zero attached hydrogens (tertiary/aromatic N) is 1. The monoisotopic (exact) mass is 365 g/mol. The first-order valence-corrected chi connectivity index (χ1v) is 7.04. The second kappa shape index (κ2) is 6.61. The number of hydrogen-bond acceptors (Lipinski definition) is 3. The second-order valence-electron chi connectivity index (χ2n) is 4.22. The van der Waals surface area contributed by atoms with Gasteiger partial charge in [-0.2, -0.15) is 5.26 Å². The van der Waals surface area contributed by atoms with Crippen molar-refractivity contribution in [2.24, 2.45) is 0 Å². The second-order valence-corrected chi connectivity index (χ2v) is 5.52. The molecular weight excluding hydrogens is 358 g/mol. The highest BCUT2D eigenvalue weighted by molar-refractivity contribution is 9.10. The van der Waals surface area contributed by atoms with Crippen LogP contribution in [0.3, 0.4) is 0 Å². The van der Waals surface area contributed by atoms with Crippen molar-refractivity contribution in [3.05, 3.63) is 57.0 Å². The van der Waals surface area contributed by atoms with Crippen molar-refractivity contribution in [1.82, 2.24) is 0 Å². The summed E-state index contributed by atoms with van der Waals surface area (Å²) in [6, 6.07) is 11.7. The van der Waals surface area contributed by atoms with E-state index in [4.69, 9.17) is 26.7 Å². The molecule has 0 fully saturated rings. The number of carboxylic acids is 1. The first kappa shape index (κ1) is 15.4. The Kier molecular flexibility index (Phi) is 4.84. The number of carbonyl (C=O) groups is 1. The van der Waals surface area contributed by atoms with Gasteiger partial charge in [-0.15, -0.1) is 0 Å². The summed E-state index contributed by atoms with van der Waals surface area (Å²) < 4.78 is 6.29. The molecule has 2 aromatic rings. The molecule has 4 nitrogen and oxygen atoms in total. The topological polar surface area (TPSA) is 70.3 Å². The fourth-order valence-electron chi connectivity index (χ4n) is 1.72.